The lowest BCUT2D eigenvalue weighted by atomic mass is 9.98. The predicted molar refractivity (Wildman–Crippen MR) is 108 cm³/mol. The summed E-state index contributed by atoms with van der Waals surface area (Å²) in [6, 6.07) is 10.9. The zero-order valence-electron chi connectivity index (χ0n) is 15.0. The molecule has 3 aromatic rings. The van der Waals surface area contributed by atoms with Gasteiger partial charge in [0.25, 0.3) is 5.91 Å². The smallest absolute Gasteiger partial charge is 0.301 e. The maximum absolute atomic E-state index is 12.5. The molecular formula is C21H16ClN3O3. The lowest BCUT2D eigenvalue weighted by Gasteiger charge is -2.26. The molecule has 0 spiro atoms. The van der Waals surface area contributed by atoms with Crippen molar-refractivity contribution in [3.05, 3.63) is 76.1 Å². The van der Waals surface area contributed by atoms with Crippen LogP contribution in [0.3, 0.4) is 0 Å². The van der Waals surface area contributed by atoms with Gasteiger partial charge in [0.1, 0.15) is 6.26 Å². The molecule has 2 amide bonds. The van der Waals surface area contributed by atoms with Gasteiger partial charge in [0.2, 0.25) is 5.91 Å². The summed E-state index contributed by atoms with van der Waals surface area (Å²) in [5, 5.41) is 3.20. The highest BCUT2D eigenvalue weighted by Crippen LogP contribution is 2.31. The summed E-state index contributed by atoms with van der Waals surface area (Å²) >= 11 is 6.12. The molecule has 0 saturated heterocycles. The third kappa shape index (κ3) is 3.54. The average molecular weight is 394 g/mol. The van der Waals surface area contributed by atoms with Crippen LogP contribution in [-0.4, -0.2) is 16.8 Å². The zero-order valence-corrected chi connectivity index (χ0v) is 15.7. The number of hydrogen-bond acceptors (Lipinski definition) is 4. The summed E-state index contributed by atoms with van der Waals surface area (Å²) in [7, 11) is 0. The van der Waals surface area contributed by atoms with Crippen LogP contribution in [0, 0.1) is 0 Å². The number of amides is 2. The first-order valence-corrected chi connectivity index (χ1v) is 8.98. The molecule has 0 bridgehead atoms. The van der Waals surface area contributed by atoms with Crippen molar-refractivity contribution in [1.29, 1.82) is 0 Å². The highest BCUT2D eigenvalue weighted by atomic mass is 35.5. The summed E-state index contributed by atoms with van der Waals surface area (Å²) in [6.07, 6.45) is 6.71. The Labute approximate surface area is 166 Å². The van der Waals surface area contributed by atoms with Gasteiger partial charge in [-0.2, -0.15) is 0 Å². The van der Waals surface area contributed by atoms with Gasteiger partial charge in [-0.15, -0.1) is 0 Å². The van der Waals surface area contributed by atoms with Crippen LogP contribution in [0.2, 0.25) is 5.02 Å². The van der Waals surface area contributed by atoms with E-state index < -0.39 is 0 Å². The van der Waals surface area contributed by atoms with Crippen molar-refractivity contribution in [3.8, 4) is 0 Å². The Hall–Kier alpha value is -3.38. The van der Waals surface area contributed by atoms with Crippen molar-refractivity contribution in [1.82, 2.24) is 4.98 Å². The van der Waals surface area contributed by atoms with E-state index in [1.807, 2.05) is 30.4 Å². The number of carbonyl (C=O) groups is 2. The highest BCUT2D eigenvalue weighted by Gasteiger charge is 2.20. The van der Waals surface area contributed by atoms with E-state index in [2.05, 4.69) is 10.3 Å². The van der Waals surface area contributed by atoms with E-state index >= 15 is 0 Å². The quantitative estimate of drug-likeness (QED) is 0.689. The first-order chi connectivity index (χ1) is 13.5. The molecule has 140 valence electrons. The van der Waals surface area contributed by atoms with E-state index in [0.29, 0.717) is 17.1 Å². The van der Waals surface area contributed by atoms with E-state index in [4.69, 9.17) is 16.0 Å². The van der Waals surface area contributed by atoms with Gasteiger partial charge in [-0.25, -0.2) is 4.98 Å². The molecule has 6 nitrogen and oxygen atoms in total. The summed E-state index contributed by atoms with van der Waals surface area (Å²) in [5.74, 6) is -0.433. The molecular weight excluding hydrogens is 378 g/mol. The number of anilines is 2. The number of nitrogens with zero attached hydrogens (tertiary/aromatic N) is 2. The summed E-state index contributed by atoms with van der Waals surface area (Å²) in [5.41, 5.74) is 3.86. The largest absolute Gasteiger partial charge is 0.432 e. The monoisotopic (exact) mass is 393 g/mol. The van der Waals surface area contributed by atoms with Crippen molar-refractivity contribution < 1.29 is 14.0 Å². The van der Waals surface area contributed by atoms with Crippen LogP contribution in [0.5, 0.6) is 0 Å². The second-order valence-electron chi connectivity index (χ2n) is 6.35. The Bertz CT molecular complexity index is 1090. The van der Waals surface area contributed by atoms with Gasteiger partial charge in [0.15, 0.2) is 0 Å². The topological polar surface area (TPSA) is 75.4 Å². The molecule has 1 aromatic heterocycles. The van der Waals surface area contributed by atoms with Crippen LogP contribution in [0.1, 0.15) is 34.0 Å². The molecule has 0 unspecified atom stereocenters. The SMILES string of the molecule is CC(=O)N1Cc2cc(C(=O)Nc3ncco3)ccc2C=Cc2cc(Cl)ccc21. The van der Waals surface area contributed by atoms with E-state index in [-0.39, 0.29) is 17.8 Å². The molecule has 2 heterocycles. The standard InChI is InChI=1S/C21H16ClN3O3/c1-13(26)25-12-17-10-16(20(27)24-21-23-8-9-28-21)5-3-14(17)2-4-15-11-18(22)6-7-19(15)25/h2-11H,12H2,1H3,(H,23,24,27). The van der Waals surface area contributed by atoms with Crippen LogP contribution < -0.4 is 10.2 Å². The fourth-order valence-electron chi connectivity index (χ4n) is 3.12. The molecule has 1 aliphatic heterocycles. The first-order valence-electron chi connectivity index (χ1n) is 8.61. The maximum atomic E-state index is 12.5. The molecule has 0 radical (unpaired) electrons. The Morgan fingerprint density at radius 2 is 1.96 bits per heavy atom. The van der Waals surface area contributed by atoms with Gasteiger partial charge < -0.3 is 9.32 Å². The first kappa shape index (κ1) is 18.0. The van der Waals surface area contributed by atoms with Gasteiger partial charge in [-0.05, 0) is 47.0 Å². The molecule has 1 N–H and O–H groups in total. The molecule has 0 fully saturated rings. The lowest BCUT2D eigenvalue weighted by molar-refractivity contribution is -0.116. The number of benzene rings is 2. The Morgan fingerprint density at radius 1 is 1.14 bits per heavy atom. The number of aromatic nitrogens is 1. The third-order valence-electron chi connectivity index (χ3n) is 4.49. The van der Waals surface area contributed by atoms with Crippen LogP contribution >= 0.6 is 11.6 Å². The van der Waals surface area contributed by atoms with Crippen LogP contribution in [0.4, 0.5) is 11.7 Å². The fourth-order valence-corrected chi connectivity index (χ4v) is 3.30. The third-order valence-corrected chi connectivity index (χ3v) is 4.72. The molecule has 0 atom stereocenters. The highest BCUT2D eigenvalue weighted by molar-refractivity contribution is 6.30. The number of oxazole rings is 1. The zero-order chi connectivity index (χ0) is 19.7. The molecule has 4 rings (SSSR count). The molecule has 28 heavy (non-hydrogen) atoms. The van der Waals surface area contributed by atoms with Crippen molar-refractivity contribution in [3.63, 3.8) is 0 Å². The number of rotatable bonds is 2. The maximum Gasteiger partial charge on any atom is 0.301 e. The van der Waals surface area contributed by atoms with E-state index in [9.17, 15) is 9.59 Å². The van der Waals surface area contributed by atoms with Crippen LogP contribution in [0.25, 0.3) is 12.2 Å². The van der Waals surface area contributed by atoms with Gasteiger partial charge in [0.05, 0.1) is 18.4 Å². The number of fused-ring (bicyclic) bond motifs is 2. The summed E-state index contributed by atoms with van der Waals surface area (Å²) < 4.78 is 5.05. The van der Waals surface area contributed by atoms with Gasteiger partial charge in [-0.1, -0.05) is 29.8 Å². The van der Waals surface area contributed by atoms with Crippen LogP contribution in [0.15, 0.2) is 53.3 Å². The van der Waals surface area contributed by atoms with Crippen LogP contribution in [-0.2, 0) is 11.3 Å². The van der Waals surface area contributed by atoms with Crippen molar-refractivity contribution in [2.24, 2.45) is 0 Å². The van der Waals surface area contributed by atoms with Crippen molar-refractivity contribution in [2.75, 3.05) is 10.2 Å². The fraction of sp³-hybridized carbons (Fsp3) is 0.0952. The number of carbonyl (C=O) groups excluding carboxylic acids is 2. The Kier molecular flexibility index (Phi) is 4.71. The van der Waals surface area contributed by atoms with Crippen molar-refractivity contribution >= 4 is 47.3 Å². The Morgan fingerprint density at radius 3 is 2.71 bits per heavy atom. The minimum Gasteiger partial charge on any atom is -0.432 e. The van der Waals surface area contributed by atoms with E-state index in [0.717, 1.165) is 22.4 Å². The molecule has 0 saturated carbocycles. The molecule has 2 aromatic carbocycles. The van der Waals surface area contributed by atoms with E-state index in [1.54, 1.807) is 23.1 Å². The second kappa shape index (κ2) is 7.32. The van der Waals surface area contributed by atoms with Gasteiger partial charge in [0, 0.05) is 17.5 Å². The minimum atomic E-state index is -0.335. The molecule has 0 aliphatic carbocycles. The summed E-state index contributed by atoms with van der Waals surface area (Å²) in [4.78, 5) is 30.4. The average Bonchev–Trinajstić information content (AvgIpc) is 3.16. The van der Waals surface area contributed by atoms with Gasteiger partial charge in [-0.3, -0.25) is 14.9 Å². The Balaban J connectivity index is 1.73. The minimum absolute atomic E-state index is 0.0977. The number of halogens is 1. The second-order valence-corrected chi connectivity index (χ2v) is 6.78. The normalized spacial score (nSPS) is 12.6. The van der Waals surface area contributed by atoms with E-state index in [1.165, 1.54) is 19.4 Å². The lowest BCUT2D eigenvalue weighted by Crippen LogP contribution is -2.29. The molecule has 7 heteroatoms. The van der Waals surface area contributed by atoms with Crippen molar-refractivity contribution in [2.45, 2.75) is 13.5 Å². The predicted octanol–water partition coefficient (Wildman–Crippen LogP) is 4.62. The van der Waals surface area contributed by atoms with Gasteiger partial charge >= 0.3 is 6.01 Å². The number of nitrogens with one attached hydrogen (secondary N) is 1. The molecule has 1 aliphatic rings. The number of hydrogen-bond donors (Lipinski definition) is 1. The summed E-state index contributed by atoms with van der Waals surface area (Å²) in [6.45, 7) is 1.85.